The van der Waals surface area contributed by atoms with Crippen LogP contribution in [0.25, 0.3) is 0 Å². The highest BCUT2D eigenvalue weighted by atomic mass is 19.4. The van der Waals surface area contributed by atoms with E-state index in [1.54, 1.807) is 12.1 Å². The van der Waals surface area contributed by atoms with Crippen LogP contribution in [0, 0.1) is 0 Å². The molecule has 6 nitrogen and oxygen atoms in total. The summed E-state index contributed by atoms with van der Waals surface area (Å²) in [5.41, 5.74) is -2.33. The third kappa shape index (κ3) is 7.30. The van der Waals surface area contributed by atoms with Crippen LogP contribution in [0.15, 0.2) is 48.5 Å². The first-order valence-corrected chi connectivity index (χ1v) is 11.6. The summed E-state index contributed by atoms with van der Waals surface area (Å²) in [7, 11) is 0. The molecular formula is C25H26F6N2O4. The highest BCUT2D eigenvalue weighted by molar-refractivity contribution is 5.70. The zero-order valence-electron chi connectivity index (χ0n) is 19.8. The van der Waals surface area contributed by atoms with E-state index in [9.17, 15) is 41.0 Å². The molecule has 1 fully saturated rings. The van der Waals surface area contributed by atoms with Gasteiger partial charge in [-0.25, -0.2) is 9.59 Å². The van der Waals surface area contributed by atoms with Crippen LogP contribution in [0.5, 0.6) is 0 Å². The van der Waals surface area contributed by atoms with E-state index in [1.807, 2.05) is 25.1 Å². The van der Waals surface area contributed by atoms with Gasteiger partial charge in [-0.2, -0.15) is 26.3 Å². The van der Waals surface area contributed by atoms with E-state index >= 15 is 0 Å². The normalized spacial score (nSPS) is 20.1. The lowest BCUT2D eigenvalue weighted by Crippen LogP contribution is -2.48. The molecule has 0 unspecified atom stereocenters. The van der Waals surface area contributed by atoms with E-state index in [4.69, 9.17) is 4.74 Å². The minimum Gasteiger partial charge on any atom is -0.465 e. The number of carboxylic acid groups (broad SMARTS) is 1. The summed E-state index contributed by atoms with van der Waals surface area (Å²) in [6.45, 7) is 1.35. The van der Waals surface area contributed by atoms with Crippen LogP contribution in [0.1, 0.15) is 42.0 Å². The lowest BCUT2D eigenvalue weighted by Gasteiger charge is -2.29. The SMILES string of the molecule is CC[C@@H]1C[C@H](NC(=O)OCCc2cc(C(F)(F)F)cc(C(F)(F)F)c2)[C@H](Cc2ccccc2)N1C(=O)O. The van der Waals surface area contributed by atoms with Gasteiger partial charge in [0.25, 0.3) is 0 Å². The predicted octanol–water partition coefficient (Wildman–Crippen LogP) is 6.14. The van der Waals surface area contributed by atoms with E-state index in [-0.39, 0.29) is 24.1 Å². The summed E-state index contributed by atoms with van der Waals surface area (Å²) < 4.78 is 83.3. The summed E-state index contributed by atoms with van der Waals surface area (Å²) in [5, 5.41) is 12.4. The molecule has 1 saturated heterocycles. The van der Waals surface area contributed by atoms with Gasteiger partial charge in [0.15, 0.2) is 0 Å². The Bertz CT molecular complexity index is 1060. The molecule has 0 spiro atoms. The maximum Gasteiger partial charge on any atom is 0.416 e. The van der Waals surface area contributed by atoms with Gasteiger partial charge in [0.05, 0.1) is 29.8 Å². The number of ether oxygens (including phenoxy) is 1. The van der Waals surface area contributed by atoms with E-state index in [0.717, 1.165) is 5.56 Å². The molecule has 2 N–H and O–H groups in total. The number of rotatable bonds is 7. The van der Waals surface area contributed by atoms with Crippen molar-refractivity contribution in [1.82, 2.24) is 10.2 Å². The van der Waals surface area contributed by atoms with Crippen molar-refractivity contribution >= 4 is 12.2 Å². The third-order valence-electron chi connectivity index (χ3n) is 6.30. The molecule has 3 rings (SSSR count). The molecule has 12 heteroatoms. The minimum absolute atomic E-state index is 0.0301. The van der Waals surface area contributed by atoms with Gasteiger partial charge in [-0.15, -0.1) is 0 Å². The Hall–Kier alpha value is -3.44. The first-order valence-electron chi connectivity index (χ1n) is 11.6. The Morgan fingerprint density at radius 3 is 2.11 bits per heavy atom. The molecule has 1 aliphatic heterocycles. The van der Waals surface area contributed by atoms with E-state index in [1.165, 1.54) is 4.90 Å². The van der Waals surface area contributed by atoms with Crippen molar-refractivity contribution in [1.29, 1.82) is 0 Å². The largest absolute Gasteiger partial charge is 0.465 e. The van der Waals surface area contributed by atoms with Gasteiger partial charge >= 0.3 is 24.5 Å². The fraction of sp³-hybridized carbons (Fsp3) is 0.440. The maximum atomic E-state index is 13.0. The number of amides is 2. The van der Waals surface area contributed by atoms with Crippen molar-refractivity contribution in [3.05, 3.63) is 70.8 Å². The Kier molecular flexibility index (Phi) is 8.60. The molecule has 2 amide bonds. The van der Waals surface area contributed by atoms with Crippen LogP contribution in [-0.4, -0.2) is 46.9 Å². The molecule has 2 aromatic carbocycles. The lowest BCUT2D eigenvalue weighted by molar-refractivity contribution is -0.143. The van der Waals surface area contributed by atoms with Gasteiger partial charge in [0.1, 0.15) is 0 Å². The van der Waals surface area contributed by atoms with Crippen LogP contribution >= 0.6 is 0 Å². The van der Waals surface area contributed by atoms with Crippen molar-refractivity contribution in [3.8, 4) is 0 Å². The summed E-state index contributed by atoms with van der Waals surface area (Å²) in [5.74, 6) is 0. The van der Waals surface area contributed by atoms with E-state index in [2.05, 4.69) is 5.32 Å². The number of alkyl halides is 6. The number of hydrogen-bond donors (Lipinski definition) is 2. The average Bonchev–Trinajstić information content (AvgIpc) is 3.15. The number of nitrogens with zero attached hydrogens (tertiary/aromatic N) is 1. The molecule has 37 heavy (non-hydrogen) atoms. The van der Waals surface area contributed by atoms with Gasteiger partial charge in [-0.1, -0.05) is 37.3 Å². The molecule has 3 atom stereocenters. The fourth-order valence-electron chi connectivity index (χ4n) is 4.56. The summed E-state index contributed by atoms with van der Waals surface area (Å²) in [6.07, 6.45) is -11.2. The number of benzene rings is 2. The number of carbonyl (C=O) groups excluding carboxylic acids is 1. The quantitative estimate of drug-likeness (QED) is 0.421. The van der Waals surface area contributed by atoms with Gasteiger partial charge < -0.3 is 15.2 Å². The number of hydrogen-bond acceptors (Lipinski definition) is 3. The van der Waals surface area contributed by atoms with Gasteiger partial charge in [0.2, 0.25) is 0 Å². The zero-order chi connectivity index (χ0) is 27.4. The predicted molar refractivity (Wildman–Crippen MR) is 121 cm³/mol. The second-order valence-electron chi connectivity index (χ2n) is 8.80. The second kappa shape index (κ2) is 11.3. The smallest absolute Gasteiger partial charge is 0.416 e. The summed E-state index contributed by atoms with van der Waals surface area (Å²) >= 11 is 0. The topological polar surface area (TPSA) is 78.9 Å². The van der Waals surface area contributed by atoms with E-state index in [0.29, 0.717) is 31.4 Å². The van der Waals surface area contributed by atoms with Gasteiger partial charge in [-0.05, 0) is 48.6 Å². The molecule has 1 heterocycles. The van der Waals surface area contributed by atoms with E-state index < -0.39 is 54.4 Å². The monoisotopic (exact) mass is 532 g/mol. The molecule has 0 aromatic heterocycles. The molecule has 2 aromatic rings. The van der Waals surface area contributed by atoms with Gasteiger partial charge in [-0.3, -0.25) is 4.90 Å². The van der Waals surface area contributed by atoms with Crippen molar-refractivity contribution in [3.63, 3.8) is 0 Å². The molecule has 0 saturated carbocycles. The Labute approximate surface area is 209 Å². The second-order valence-corrected chi connectivity index (χ2v) is 8.80. The highest BCUT2D eigenvalue weighted by Crippen LogP contribution is 2.36. The lowest BCUT2D eigenvalue weighted by atomic mass is 10.00. The van der Waals surface area contributed by atoms with Crippen molar-refractivity contribution < 1.29 is 45.8 Å². The zero-order valence-corrected chi connectivity index (χ0v) is 19.8. The van der Waals surface area contributed by atoms with Gasteiger partial charge in [0, 0.05) is 12.5 Å². The number of nitrogens with one attached hydrogen (secondary N) is 1. The summed E-state index contributed by atoms with van der Waals surface area (Å²) in [4.78, 5) is 25.7. The van der Waals surface area contributed by atoms with Crippen molar-refractivity contribution in [2.45, 2.75) is 63.1 Å². The number of alkyl carbamates (subject to hydrolysis) is 1. The summed E-state index contributed by atoms with van der Waals surface area (Å²) in [6, 6.07) is 8.76. The van der Waals surface area contributed by atoms with Crippen molar-refractivity contribution in [2.75, 3.05) is 6.61 Å². The Morgan fingerprint density at radius 1 is 1.00 bits per heavy atom. The highest BCUT2D eigenvalue weighted by Gasteiger charge is 2.44. The first-order chi connectivity index (χ1) is 17.3. The molecule has 0 radical (unpaired) electrons. The number of halogens is 6. The average molecular weight is 532 g/mol. The standard InChI is InChI=1S/C25H26F6N2O4/c1-2-19-14-20(21(33(19)23(35)36)12-15-6-4-3-5-7-15)32-22(34)37-9-8-16-10-17(24(26,27)28)13-18(11-16)25(29,30)31/h3-7,10-11,13,19-21H,2,8-9,12,14H2,1H3,(H,32,34)(H,35,36)/t19-,20+,21+/m1/s1. The van der Waals surface area contributed by atoms with Crippen LogP contribution < -0.4 is 5.32 Å². The van der Waals surface area contributed by atoms with Crippen LogP contribution in [-0.2, 0) is 29.9 Å². The Morgan fingerprint density at radius 2 is 1.59 bits per heavy atom. The minimum atomic E-state index is -4.98. The molecular weight excluding hydrogens is 506 g/mol. The number of likely N-dealkylation sites (tertiary alicyclic amines) is 1. The third-order valence-corrected chi connectivity index (χ3v) is 6.30. The Balaban J connectivity index is 1.67. The maximum absolute atomic E-state index is 13.0. The van der Waals surface area contributed by atoms with Crippen LogP contribution in [0.2, 0.25) is 0 Å². The van der Waals surface area contributed by atoms with Crippen LogP contribution in [0.4, 0.5) is 35.9 Å². The first kappa shape index (κ1) is 28.1. The van der Waals surface area contributed by atoms with Crippen LogP contribution in [0.3, 0.4) is 0 Å². The molecule has 202 valence electrons. The molecule has 0 bridgehead atoms. The fourth-order valence-corrected chi connectivity index (χ4v) is 4.56. The number of carbonyl (C=O) groups is 2. The molecule has 1 aliphatic rings. The molecule has 0 aliphatic carbocycles. The van der Waals surface area contributed by atoms with Crippen molar-refractivity contribution in [2.24, 2.45) is 0 Å².